The van der Waals surface area contributed by atoms with Crippen LogP contribution in [0.25, 0.3) is 22.5 Å². The van der Waals surface area contributed by atoms with E-state index in [4.69, 9.17) is 0 Å². The monoisotopic (exact) mass is 331 g/mol. The topological polar surface area (TPSA) is 57.8 Å². The molecule has 1 aromatic heterocycles. The minimum absolute atomic E-state index is 0.0237. The summed E-state index contributed by atoms with van der Waals surface area (Å²) in [5.74, 6) is 0.0237. The first-order valence-electron chi connectivity index (χ1n) is 8.51. The van der Waals surface area contributed by atoms with Crippen molar-refractivity contribution in [3.05, 3.63) is 59.7 Å². The van der Waals surface area contributed by atoms with Crippen LogP contribution in [0.15, 0.2) is 48.5 Å². The van der Waals surface area contributed by atoms with Crippen molar-refractivity contribution >= 4 is 11.6 Å². The second-order valence-corrected chi connectivity index (χ2v) is 7.54. The molecule has 0 aliphatic heterocycles. The largest absolute Gasteiger partial charge is 0.326 e. The molecule has 1 heterocycles. The van der Waals surface area contributed by atoms with Gasteiger partial charge in [0.2, 0.25) is 5.91 Å². The summed E-state index contributed by atoms with van der Waals surface area (Å²) < 4.78 is 0. The summed E-state index contributed by atoms with van der Waals surface area (Å²) in [6, 6.07) is 16.3. The van der Waals surface area contributed by atoms with E-state index in [0.29, 0.717) is 0 Å². The second kappa shape index (κ2) is 5.59. The van der Waals surface area contributed by atoms with Gasteiger partial charge in [0.05, 0.1) is 11.4 Å². The Morgan fingerprint density at radius 3 is 2.60 bits per heavy atom. The molecule has 0 bridgehead atoms. The van der Waals surface area contributed by atoms with Gasteiger partial charge < -0.3 is 5.32 Å². The van der Waals surface area contributed by atoms with Crippen molar-refractivity contribution in [1.82, 2.24) is 10.2 Å². The van der Waals surface area contributed by atoms with Crippen LogP contribution < -0.4 is 5.32 Å². The minimum atomic E-state index is -0.409. The number of aromatic amines is 1. The van der Waals surface area contributed by atoms with Gasteiger partial charge in [-0.05, 0) is 17.7 Å². The molecule has 1 amide bonds. The van der Waals surface area contributed by atoms with Crippen molar-refractivity contribution in [2.24, 2.45) is 5.41 Å². The van der Waals surface area contributed by atoms with Crippen LogP contribution in [0, 0.1) is 5.41 Å². The van der Waals surface area contributed by atoms with E-state index in [1.165, 1.54) is 16.7 Å². The highest BCUT2D eigenvalue weighted by atomic mass is 16.2. The van der Waals surface area contributed by atoms with Crippen molar-refractivity contribution in [3.63, 3.8) is 0 Å². The summed E-state index contributed by atoms with van der Waals surface area (Å²) in [4.78, 5) is 12.2. The van der Waals surface area contributed by atoms with Gasteiger partial charge in [-0.3, -0.25) is 9.89 Å². The lowest BCUT2D eigenvalue weighted by Crippen LogP contribution is -2.27. The summed E-state index contributed by atoms with van der Waals surface area (Å²) >= 11 is 0. The fourth-order valence-corrected chi connectivity index (χ4v) is 3.17. The smallest absolute Gasteiger partial charge is 0.229 e. The molecule has 0 radical (unpaired) electrons. The Kier molecular flexibility index (Phi) is 3.49. The molecule has 0 fully saturated rings. The molecule has 2 N–H and O–H groups in total. The zero-order valence-corrected chi connectivity index (χ0v) is 14.7. The maximum atomic E-state index is 12.2. The van der Waals surface area contributed by atoms with Gasteiger partial charge in [0.1, 0.15) is 0 Å². The number of benzene rings is 2. The molecular formula is C21H21N3O. The van der Waals surface area contributed by atoms with Crippen molar-refractivity contribution in [2.75, 3.05) is 5.32 Å². The van der Waals surface area contributed by atoms with Crippen molar-refractivity contribution in [3.8, 4) is 22.5 Å². The number of carbonyl (C=O) groups excluding carboxylic acids is 1. The minimum Gasteiger partial charge on any atom is -0.326 e. The lowest BCUT2D eigenvalue weighted by molar-refractivity contribution is -0.123. The molecule has 1 aliphatic rings. The second-order valence-electron chi connectivity index (χ2n) is 7.54. The van der Waals surface area contributed by atoms with Gasteiger partial charge >= 0.3 is 0 Å². The molecule has 4 heteroatoms. The number of fused-ring (bicyclic) bond motifs is 3. The average Bonchev–Trinajstić information content (AvgIpc) is 3.13. The Labute approximate surface area is 147 Å². The predicted molar refractivity (Wildman–Crippen MR) is 100 cm³/mol. The van der Waals surface area contributed by atoms with Crippen molar-refractivity contribution in [2.45, 2.75) is 27.2 Å². The number of anilines is 1. The summed E-state index contributed by atoms with van der Waals surface area (Å²) in [5, 5.41) is 10.7. The molecule has 1 aliphatic carbocycles. The summed E-state index contributed by atoms with van der Waals surface area (Å²) in [6.07, 6.45) is 0.824. The van der Waals surface area contributed by atoms with E-state index in [2.05, 4.69) is 39.8 Å². The third-order valence-electron chi connectivity index (χ3n) is 4.60. The van der Waals surface area contributed by atoms with Crippen molar-refractivity contribution < 1.29 is 4.79 Å². The number of carbonyl (C=O) groups is 1. The third-order valence-corrected chi connectivity index (χ3v) is 4.60. The van der Waals surface area contributed by atoms with Gasteiger partial charge in [-0.15, -0.1) is 0 Å². The van der Waals surface area contributed by atoms with Crippen LogP contribution in [-0.2, 0) is 11.2 Å². The predicted octanol–water partition coefficient (Wildman–Crippen LogP) is 4.63. The van der Waals surface area contributed by atoms with Gasteiger partial charge in [0.15, 0.2) is 0 Å². The molecule has 4 nitrogen and oxygen atoms in total. The molecule has 25 heavy (non-hydrogen) atoms. The molecule has 3 aromatic rings. The molecule has 0 saturated carbocycles. The van der Waals surface area contributed by atoms with Gasteiger partial charge in [0.25, 0.3) is 0 Å². The van der Waals surface area contributed by atoms with E-state index in [1.54, 1.807) is 0 Å². The summed E-state index contributed by atoms with van der Waals surface area (Å²) in [6.45, 7) is 5.74. The van der Waals surface area contributed by atoms with Gasteiger partial charge in [0, 0.05) is 34.2 Å². The van der Waals surface area contributed by atoms with E-state index in [1.807, 2.05) is 45.0 Å². The lowest BCUT2D eigenvalue weighted by atomic mass is 9.95. The van der Waals surface area contributed by atoms with E-state index < -0.39 is 5.41 Å². The molecule has 0 spiro atoms. The number of H-pyrrole nitrogens is 1. The zero-order valence-electron chi connectivity index (χ0n) is 14.7. The normalized spacial score (nSPS) is 12.6. The molecule has 0 unspecified atom stereocenters. The lowest BCUT2D eigenvalue weighted by Gasteiger charge is -2.18. The Balaban J connectivity index is 1.66. The highest BCUT2D eigenvalue weighted by Crippen LogP contribution is 2.41. The number of nitrogens with one attached hydrogen (secondary N) is 2. The zero-order chi connectivity index (χ0) is 17.6. The molecule has 0 atom stereocenters. The van der Waals surface area contributed by atoms with E-state index in [9.17, 15) is 4.79 Å². The number of hydrogen-bond donors (Lipinski definition) is 2. The Morgan fingerprint density at radius 1 is 1.12 bits per heavy atom. The number of aromatic nitrogens is 2. The molecule has 2 aromatic carbocycles. The van der Waals surface area contributed by atoms with Crippen LogP contribution >= 0.6 is 0 Å². The van der Waals surface area contributed by atoms with Gasteiger partial charge in [-0.1, -0.05) is 57.2 Å². The highest BCUT2D eigenvalue weighted by Gasteiger charge is 2.26. The standard InChI is InChI=1S/C21H21N3O/c1-21(2,3)20(25)22-15-9-10-16-14(11-15)12-17-18(23-24-19(16)17)13-7-5-4-6-8-13/h4-11H,12H2,1-3H3,(H,22,25)(H,23,24). The Bertz CT molecular complexity index is 949. The number of amides is 1. The van der Waals surface area contributed by atoms with Gasteiger partial charge in [-0.2, -0.15) is 5.10 Å². The Hall–Kier alpha value is -2.88. The summed E-state index contributed by atoms with van der Waals surface area (Å²) in [7, 11) is 0. The fourth-order valence-electron chi connectivity index (χ4n) is 3.17. The number of nitrogens with zero attached hydrogens (tertiary/aromatic N) is 1. The highest BCUT2D eigenvalue weighted by molar-refractivity contribution is 5.95. The fraction of sp³-hybridized carbons (Fsp3) is 0.238. The SMILES string of the molecule is CC(C)(C)C(=O)Nc1ccc2c(c1)Cc1c(-c3ccccc3)n[nH]c1-2. The molecule has 126 valence electrons. The van der Waals surface area contributed by atoms with Crippen molar-refractivity contribution in [1.29, 1.82) is 0 Å². The first-order chi connectivity index (χ1) is 11.9. The Morgan fingerprint density at radius 2 is 1.88 bits per heavy atom. The third kappa shape index (κ3) is 2.74. The van der Waals surface area contributed by atoms with Crippen LogP contribution in [0.4, 0.5) is 5.69 Å². The quantitative estimate of drug-likeness (QED) is 0.562. The average molecular weight is 331 g/mol. The number of rotatable bonds is 2. The molecular weight excluding hydrogens is 310 g/mol. The first-order valence-corrected chi connectivity index (χ1v) is 8.51. The van der Waals surface area contributed by atoms with Crippen LogP contribution in [0.5, 0.6) is 0 Å². The van der Waals surface area contributed by atoms with Crippen LogP contribution in [0.2, 0.25) is 0 Å². The maximum Gasteiger partial charge on any atom is 0.229 e. The van der Waals surface area contributed by atoms with Crippen LogP contribution in [0.3, 0.4) is 0 Å². The van der Waals surface area contributed by atoms with Crippen LogP contribution in [-0.4, -0.2) is 16.1 Å². The first kappa shape index (κ1) is 15.6. The molecule has 4 rings (SSSR count). The maximum absolute atomic E-state index is 12.2. The molecule has 0 saturated heterocycles. The van der Waals surface area contributed by atoms with Gasteiger partial charge in [-0.25, -0.2) is 0 Å². The number of hydrogen-bond acceptors (Lipinski definition) is 2. The van der Waals surface area contributed by atoms with E-state index >= 15 is 0 Å². The van der Waals surface area contributed by atoms with Crippen LogP contribution in [0.1, 0.15) is 31.9 Å². The van der Waals surface area contributed by atoms with E-state index in [-0.39, 0.29) is 5.91 Å². The van der Waals surface area contributed by atoms with E-state index in [0.717, 1.165) is 29.1 Å². The summed E-state index contributed by atoms with van der Waals surface area (Å²) in [5.41, 5.74) is 7.25.